The number of anilines is 1. The molecular formula is C23H27N5O4S2. The van der Waals surface area contributed by atoms with Gasteiger partial charge in [0.2, 0.25) is 5.91 Å². The molecule has 9 nitrogen and oxygen atoms in total. The first kappa shape index (κ1) is 24.4. The van der Waals surface area contributed by atoms with Gasteiger partial charge in [-0.3, -0.25) is 23.7 Å². The maximum Gasteiger partial charge on any atom is 0.267 e. The number of thioether (sulfide) groups is 1. The number of methoxy groups -OCH3 is 1. The number of ether oxygens (including phenoxy) is 1. The van der Waals surface area contributed by atoms with Crippen LogP contribution in [0.2, 0.25) is 0 Å². The van der Waals surface area contributed by atoms with E-state index in [0.29, 0.717) is 71.8 Å². The van der Waals surface area contributed by atoms with Crippen LogP contribution in [0.15, 0.2) is 28.0 Å². The fraction of sp³-hybridized carbons (Fsp3) is 0.435. The molecule has 2 saturated heterocycles. The van der Waals surface area contributed by atoms with Gasteiger partial charge in [-0.05, 0) is 43.9 Å². The van der Waals surface area contributed by atoms with Crippen molar-refractivity contribution in [3.63, 3.8) is 0 Å². The minimum absolute atomic E-state index is 0.189. The summed E-state index contributed by atoms with van der Waals surface area (Å²) >= 11 is 6.60. The van der Waals surface area contributed by atoms with E-state index in [0.717, 1.165) is 5.56 Å². The summed E-state index contributed by atoms with van der Waals surface area (Å²) in [6.07, 6.45) is 5.12. The van der Waals surface area contributed by atoms with Gasteiger partial charge in [-0.1, -0.05) is 30.0 Å². The van der Waals surface area contributed by atoms with Crippen molar-refractivity contribution in [1.82, 2.24) is 14.3 Å². The average Bonchev–Trinajstić information content (AvgIpc) is 3.08. The third-order valence-electron chi connectivity index (χ3n) is 6.14. The van der Waals surface area contributed by atoms with E-state index in [1.165, 1.54) is 16.2 Å². The number of hydrogen-bond acceptors (Lipinski definition) is 8. The Hall–Kier alpha value is -2.76. The highest BCUT2D eigenvalue weighted by Crippen LogP contribution is 2.34. The zero-order valence-corrected chi connectivity index (χ0v) is 20.8. The molecule has 0 aliphatic carbocycles. The van der Waals surface area contributed by atoms with Crippen LogP contribution in [0.4, 0.5) is 5.82 Å². The van der Waals surface area contributed by atoms with Gasteiger partial charge in [-0.25, -0.2) is 4.98 Å². The van der Waals surface area contributed by atoms with Crippen LogP contribution in [0.1, 0.15) is 30.4 Å². The molecule has 0 bridgehead atoms. The summed E-state index contributed by atoms with van der Waals surface area (Å²) in [5.41, 5.74) is 6.99. The van der Waals surface area contributed by atoms with Gasteiger partial charge in [0.15, 0.2) is 0 Å². The smallest absolute Gasteiger partial charge is 0.267 e. The van der Waals surface area contributed by atoms with Crippen molar-refractivity contribution < 1.29 is 14.3 Å². The van der Waals surface area contributed by atoms with E-state index in [9.17, 15) is 14.4 Å². The molecule has 0 saturated carbocycles. The number of carbonyl (C=O) groups excluding carboxylic acids is 2. The van der Waals surface area contributed by atoms with Crippen molar-refractivity contribution in [2.24, 2.45) is 11.7 Å². The quantitative estimate of drug-likeness (QED) is 0.348. The van der Waals surface area contributed by atoms with E-state index >= 15 is 0 Å². The van der Waals surface area contributed by atoms with Gasteiger partial charge in [-0.2, -0.15) is 0 Å². The highest BCUT2D eigenvalue weighted by atomic mass is 32.2. The third-order valence-corrected chi connectivity index (χ3v) is 7.52. The molecule has 0 radical (unpaired) electrons. The first-order chi connectivity index (χ1) is 16.3. The second-order valence-corrected chi connectivity index (χ2v) is 10.1. The Bertz CT molecular complexity index is 1230. The predicted octanol–water partition coefficient (Wildman–Crippen LogP) is 1.94. The van der Waals surface area contributed by atoms with E-state index < -0.39 is 0 Å². The van der Waals surface area contributed by atoms with Gasteiger partial charge in [-0.15, -0.1) is 0 Å². The summed E-state index contributed by atoms with van der Waals surface area (Å²) in [4.78, 5) is 47.0. The normalized spacial score (nSPS) is 18.5. The van der Waals surface area contributed by atoms with Gasteiger partial charge >= 0.3 is 0 Å². The minimum atomic E-state index is -0.306. The van der Waals surface area contributed by atoms with E-state index in [-0.39, 0.29) is 23.3 Å². The van der Waals surface area contributed by atoms with Crippen molar-refractivity contribution in [3.05, 3.63) is 44.7 Å². The zero-order valence-electron chi connectivity index (χ0n) is 19.2. The van der Waals surface area contributed by atoms with E-state index in [2.05, 4.69) is 0 Å². The minimum Gasteiger partial charge on any atom is -0.385 e. The molecule has 180 valence electrons. The molecule has 11 heteroatoms. The number of piperidine rings is 1. The maximum atomic E-state index is 13.6. The number of primary amides is 1. The predicted molar refractivity (Wildman–Crippen MR) is 137 cm³/mol. The Balaban J connectivity index is 1.76. The lowest BCUT2D eigenvalue weighted by Gasteiger charge is -2.32. The number of hydrogen-bond donors (Lipinski definition) is 1. The summed E-state index contributed by atoms with van der Waals surface area (Å²) in [6, 6.07) is 3.69. The molecule has 2 aromatic rings. The highest BCUT2D eigenvalue weighted by molar-refractivity contribution is 8.26. The van der Waals surface area contributed by atoms with E-state index in [4.69, 9.17) is 27.7 Å². The van der Waals surface area contributed by atoms with Crippen LogP contribution >= 0.6 is 24.0 Å². The Labute approximate surface area is 206 Å². The second kappa shape index (κ2) is 10.2. The number of rotatable bonds is 7. The number of aryl methyl sites for hydroxylation is 1. The van der Waals surface area contributed by atoms with Crippen LogP contribution < -0.4 is 16.2 Å². The number of nitrogens with two attached hydrogens (primary N) is 1. The SMILES string of the molecule is COCCCN1C(=O)C(=Cc2c(N3CCC(C(N)=O)CC3)nc3c(C)cccn3c2=O)SC1=S. The van der Waals surface area contributed by atoms with E-state index in [1.807, 2.05) is 17.9 Å². The third kappa shape index (κ3) is 4.73. The van der Waals surface area contributed by atoms with Crippen LogP contribution in [0.25, 0.3) is 11.7 Å². The molecule has 4 heterocycles. The van der Waals surface area contributed by atoms with Crippen LogP contribution in [-0.4, -0.2) is 63.8 Å². The summed E-state index contributed by atoms with van der Waals surface area (Å²) in [5.74, 6) is -0.212. The number of nitrogens with zero attached hydrogens (tertiary/aromatic N) is 4. The monoisotopic (exact) mass is 501 g/mol. The number of amides is 2. The Kier molecular flexibility index (Phi) is 7.34. The lowest BCUT2D eigenvalue weighted by atomic mass is 9.96. The average molecular weight is 502 g/mol. The molecule has 0 spiro atoms. The zero-order chi connectivity index (χ0) is 24.4. The number of pyridine rings is 1. The standard InChI is InChI=1S/C23H27N5O4S2/c1-14-5-3-8-27-19(14)25-20(26-10-6-15(7-11-26)18(24)29)16(21(27)30)13-17-22(31)28(23(33)34-17)9-4-12-32-2/h3,5,8,13,15H,4,6-7,9-12H2,1-2H3,(H2,24,29). The number of thiocarbonyl (C=S) groups is 1. The van der Waals surface area contributed by atoms with Crippen LogP contribution in [0.5, 0.6) is 0 Å². The first-order valence-corrected chi connectivity index (χ1v) is 12.3. The molecule has 2 aliphatic heterocycles. The Morgan fingerprint density at radius 3 is 2.76 bits per heavy atom. The highest BCUT2D eigenvalue weighted by Gasteiger charge is 2.33. The molecule has 34 heavy (non-hydrogen) atoms. The van der Waals surface area contributed by atoms with Crippen molar-refractivity contribution >= 4 is 57.7 Å². The van der Waals surface area contributed by atoms with Crippen LogP contribution in [0.3, 0.4) is 0 Å². The molecule has 2 amide bonds. The molecular weight excluding hydrogens is 474 g/mol. The number of fused-ring (bicyclic) bond motifs is 1. The van der Waals surface area contributed by atoms with Gasteiger partial charge in [0.05, 0.1) is 10.5 Å². The summed E-state index contributed by atoms with van der Waals surface area (Å²) < 4.78 is 7.04. The largest absolute Gasteiger partial charge is 0.385 e. The van der Waals surface area contributed by atoms with Crippen molar-refractivity contribution in [2.75, 3.05) is 38.3 Å². The van der Waals surface area contributed by atoms with Crippen LogP contribution in [-0.2, 0) is 14.3 Å². The van der Waals surface area contributed by atoms with E-state index in [1.54, 1.807) is 30.3 Å². The summed E-state index contributed by atoms with van der Waals surface area (Å²) in [7, 11) is 1.61. The summed E-state index contributed by atoms with van der Waals surface area (Å²) in [5, 5.41) is 0. The lowest BCUT2D eigenvalue weighted by Crippen LogP contribution is -2.40. The molecule has 0 aromatic carbocycles. The first-order valence-electron chi connectivity index (χ1n) is 11.1. The molecule has 2 aliphatic rings. The number of aromatic nitrogens is 2. The van der Waals surface area contributed by atoms with Gasteiger partial charge in [0, 0.05) is 45.5 Å². The van der Waals surface area contributed by atoms with Crippen molar-refractivity contribution in [3.8, 4) is 0 Å². The Morgan fingerprint density at radius 1 is 1.35 bits per heavy atom. The molecule has 2 fully saturated rings. The molecule has 2 N–H and O–H groups in total. The second-order valence-electron chi connectivity index (χ2n) is 8.38. The lowest BCUT2D eigenvalue weighted by molar-refractivity contribution is -0.123. The van der Waals surface area contributed by atoms with Gasteiger partial charge in [0.25, 0.3) is 11.5 Å². The maximum absolute atomic E-state index is 13.6. The molecule has 0 unspecified atom stereocenters. The molecule has 0 atom stereocenters. The van der Waals surface area contributed by atoms with Gasteiger partial charge in [0.1, 0.15) is 15.8 Å². The topological polar surface area (TPSA) is 110 Å². The summed E-state index contributed by atoms with van der Waals surface area (Å²) in [6.45, 7) is 3.96. The Morgan fingerprint density at radius 2 is 2.09 bits per heavy atom. The molecule has 4 rings (SSSR count). The van der Waals surface area contributed by atoms with Crippen molar-refractivity contribution in [1.29, 1.82) is 0 Å². The van der Waals surface area contributed by atoms with Crippen LogP contribution in [0, 0.1) is 12.8 Å². The fourth-order valence-electron chi connectivity index (χ4n) is 4.23. The van der Waals surface area contributed by atoms with Gasteiger partial charge < -0.3 is 15.4 Å². The number of carbonyl (C=O) groups is 2. The van der Waals surface area contributed by atoms with Crippen molar-refractivity contribution in [2.45, 2.75) is 26.2 Å². The molecule has 2 aromatic heterocycles. The fourth-order valence-corrected chi connectivity index (χ4v) is 5.52.